The highest BCUT2D eigenvalue weighted by molar-refractivity contribution is 8.06. The molecule has 0 rings (SSSR count). The number of rotatable bonds is 7. The number of hydrogen-bond acceptors (Lipinski definition) is 5. The van der Waals surface area contributed by atoms with Gasteiger partial charge >= 0.3 is 0 Å². The lowest BCUT2D eigenvalue weighted by molar-refractivity contribution is 0.209. The van der Waals surface area contributed by atoms with Gasteiger partial charge in [0.05, 0.1) is 0 Å². The molecule has 0 aliphatic rings. The minimum atomic E-state index is -3.85. The van der Waals surface area contributed by atoms with Crippen LogP contribution in [0.4, 0.5) is 0 Å². The Morgan fingerprint density at radius 3 is 1.76 bits per heavy atom. The van der Waals surface area contributed by atoms with Gasteiger partial charge in [0.25, 0.3) is 0 Å². The second-order valence-electron chi connectivity index (χ2n) is 4.26. The second-order valence-corrected chi connectivity index (χ2v) is 8.76. The maximum atomic E-state index is 12.0. The van der Waals surface area contributed by atoms with Gasteiger partial charge in [-0.05, 0) is 12.8 Å². The van der Waals surface area contributed by atoms with Crippen molar-refractivity contribution in [3.8, 4) is 0 Å². The molecule has 0 unspecified atom stereocenters. The van der Waals surface area contributed by atoms with Crippen molar-refractivity contribution >= 4 is 19.9 Å². The molecule has 17 heavy (non-hydrogen) atoms. The molecular formula is C9H22N2O4S2. The van der Waals surface area contributed by atoms with Gasteiger partial charge < -0.3 is 5.73 Å². The normalized spacial score (nSPS) is 14.2. The molecule has 0 aromatic carbocycles. The second kappa shape index (κ2) is 5.64. The van der Waals surface area contributed by atoms with Gasteiger partial charge in [-0.1, -0.05) is 13.8 Å². The average Bonchev–Trinajstić information content (AvgIpc) is 2.17. The zero-order valence-electron chi connectivity index (χ0n) is 10.8. The standard InChI is InChI=1S/C9H22N2O4S2/c1-5-9(6-2,7-10)11(3)17(14,15)8-16(4,12)13/h5-8,10H2,1-4H3. The van der Waals surface area contributed by atoms with E-state index in [0.29, 0.717) is 12.8 Å². The van der Waals surface area contributed by atoms with Crippen LogP contribution in [0.3, 0.4) is 0 Å². The molecule has 0 saturated carbocycles. The van der Waals surface area contributed by atoms with Crippen molar-refractivity contribution in [2.75, 3.05) is 24.9 Å². The molecule has 0 heterocycles. The number of nitrogens with two attached hydrogens (primary N) is 1. The number of likely N-dealkylation sites (N-methyl/N-ethyl adjacent to an activating group) is 1. The summed E-state index contributed by atoms with van der Waals surface area (Å²) in [6, 6.07) is 0. The first-order valence-electron chi connectivity index (χ1n) is 5.39. The van der Waals surface area contributed by atoms with Crippen LogP contribution in [0.1, 0.15) is 26.7 Å². The van der Waals surface area contributed by atoms with E-state index in [-0.39, 0.29) is 6.54 Å². The van der Waals surface area contributed by atoms with Crippen molar-refractivity contribution in [3.05, 3.63) is 0 Å². The first-order chi connectivity index (χ1) is 7.54. The zero-order chi connectivity index (χ0) is 13.9. The van der Waals surface area contributed by atoms with Crippen LogP contribution in [-0.2, 0) is 19.9 Å². The van der Waals surface area contributed by atoms with Gasteiger partial charge in [0.2, 0.25) is 10.0 Å². The number of hydrogen-bond donors (Lipinski definition) is 1. The molecule has 0 spiro atoms. The molecule has 0 amide bonds. The lowest BCUT2D eigenvalue weighted by Crippen LogP contribution is -2.54. The molecule has 0 saturated heterocycles. The molecular weight excluding hydrogens is 264 g/mol. The first-order valence-corrected chi connectivity index (χ1v) is 9.06. The van der Waals surface area contributed by atoms with E-state index < -0.39 is 30.5 Å². The van der Waals surface area contributed by atoms with E-state index in [1.165, 1.54) is 7.05 Å². The molecule has 0 fully saturated rings. The average molecular weight is 286 g/mol. The summed E-state index contributed by atoms with van der Waals surface area (Å²) in [6.45, 7) is 3.84. The lowest BCUT2D eigenvalue weighted by atomic mass is 9.93. The van der Waals surface area contributed by atoms with Crippen molar-refractivity contribution in [3.63, 3.8) is 0 Å². The summed E-state index contributed by atoms with van der Waals surface area (Å²) in [7, 11) is -6.04. The Labute approximate surface area is 104 Å². The smallest absolute Gasteiger partial charge is 0.228 e. The van der Waals surface area contributed by atoms with E-state index in [0.717, 1.165) is 10.6 Å². The van der Waals surface area contributed by atoms with Crippen LogP contribution in [-0.4, -0.2) is 51.6 Å². The van der Waals surface area contributed by atoms with E-state index in [9.17, 15) is 16.8 Å². The third-order valence-corrected chi connectivity index (χ3v) is 7.27. The summed E-state index contributed by atoms with van der Waals surface area (Å²) >= 11 is 0. The fraction of sp³-hybridized carbons (Fsp3) is 1.00. The Morgan fingerprint density at radius 2 is 1.53 bits per heavy atom. The van der Waals surface area contributed by atoms with Crippen LogP contribution < -0.4 is 5.73 Å². The molecule has 0 aliphatic heterocycles. The molecule has 0 aliphatic carbocycles. The SMILES string of the molecule is CCC(CC)(CN)N(C)S(=O)(=O)CS(C)(=O)=O. The quantitative estimate of drug-likeness (QED) is 0.697. The fourth-order valence-electron chi connectivity index (χ4n) is 1.76. The van der Waals surface area contributed by atoms with Gasteiger partial charge in [0.1, 0.15) is 0 Å². The monoisotopic (exact) mass is 286 g/mol. The predicted molar refractivity (Wildman–Crippen MR) is 68.8 cm³/mol. The van der Waals surface area contributed by atoms with Crippen molar-refractivity contribution < 1.29 is 16.8 Å². The minimum absolute atomic E-state index is 0.166. The van der Waals surface area contributed by atoms with Crippen molar-refractivity contribution in [2.24, 2.45) is 5.73 Å². The lowest BCUT2D eigenvalue weighted by Gasteiger charge is -2.38. The molecule has 0 radical (unpaired) electrons. The molecule has 6 nitrogen and oxygen atoms in total. The van der Waals surface area contributed by atoms with E-state index >= 15 is 0 Å². The van der Waals surface area contributed by atoms with Crippen LogP contribution in [0.5, 0.6) is 0 Å². The number of sulfone groups is 1. The molecule has 0 aromatic heterocycles. The summed E-state index contributed by atoms with van der Waals surface area (Å²) in [5.74, 6) is 0. The van der Waals surface area contributed by atoms with Gasteiger partial charge in [-0.25, -0.2) is 16.8 Å². The third kappa shape index (κ3) is 4.20. The number of sulfonamides is 1. The Kier molecular flexibility index (Phi) is 5.58. The van der Waals surface area contributed by atoms with E-state index in [1.807, 2.05) is 13.8 Å². The van der Waals surface area contributed by atoms with Gasteiger partial charge in [-0.2, -0.15) is 4.31 Å². The van der Waals surface area contributed by atoms with Gasteiger partial charge in [0, 0.05) is 25.4 Å². The Morgan fingerprint density at radius 1 is 1.12 bits per heavy atom. The van der Waals surface area contributed by atoms with E-state index in [2.05, 4.69) is 0 Å². The van der Waals surface area contributed by atoms with Crippen molar-refractivity contribution in [1.29, 1.82) is 0 Å². The highest BCUT2D eigenvalue weighted by Gasteiger charge is 2.38. The highest BCUT2D eigenvalue weighted by atomic mass is 32.3. The predicted octanol–water partition coefficient (Wildman–Crippen LogP) is -0.232. The molecule has 0 bridgehead atoms. The van der Waals surface area contributed by atoms with Crippen LogP contribution in [0.25, 0.3) is 0 Å². The van der Waals surface area contributed by atoms with Gasteiger partial charge in [-0.3, -0.25) is 0 Å². The highest BCUT2D eigenvalue weighted by Crippen LogP contribution is 2.24. The van der Waals surface area contributed by atoms with Crippen molar-refractivity contribution in [2.45, 2.75) is 32.2 Å². The zero-order valence-corrected chi connectivity index (χ0v) is 12.4. The first kappa shape index (κ1) is 16.8. The summed E-state index contributed by atoms with van der Waals surface area (Å²) < 4.78 is 47.2. The Hall–Kier alpha value is -0.180. The Bertz CT molecular complexity index is 429. The van der Waals surface area contributed by atoms with E-state index in [4.69, 9.17) is 5.73 Å². The maximum absolute atomic E-state index is 12.0. The van der Waals surface area contributed by atoms with Crippen LogP contribution in [0.15, 0.2) is 0 Å². The number of nitrogens with zero attached hydrogens (tertiary/aromatic N) is 1. The van der Waals surface area contributed by atoms with Crippen LogP contribution in [0, 0.1) is 0 Å². The summed E-state index contributed by atoms with van der Waals surface area (Å²) in [4.78, 5) is 0. The third-order valence-electron chi connectivity index (χ3n) is 3.14. The van der Waals surface area contributed by atoms with E-state index in [1.54, 1.807) is 0 Å². The molecule has 104 valence electrons. The summed E-state index contributed by atoms with van der Waals surface area (Å²) in [5.41, 5.74) is 4.93. The van der Waals surface area contributed by atoms with Crippen LogP contribution >= 0.6 is 0 Å². The fourth-order valence-corrected chi connectivity index (χ4v) is 5.48. The topological polar surface area (TPSA) is 97.5 Å². The van der Waals surface area contributed by atoms with Gasteiger partial charge in [-0.15, -0.1) is 0 Å². The largest absolute Gasteiger partial charge is 0.329 e. The van der Waals surface area contributed by atoms with Crippen molar-refractivity contribution in [1.82, 2.24) is 4.31 Å². The minimum Gasteiger partial charge on any atom is -0.329 e. The van der Waals surface area contributed by atoms with Gasteiger partial charge in [0.15, 0.2) is 14.9 Å². The van der Waals surface area contributed by atoms with Crippen LogP contribution in [0.2, 0.25) is 0 Å². The Balaban J connectivity index is 5.35. The molecule has 0 atom stereocenters. The summed E-state index contributed by atoms with van der Waals surface area (Å²) in [6.07, 6.45) is 1.99. The molecule has 2 N–H and O–H groups in total. The molecule has 0 aromatic rings. The summed E-state index contributed by atoms with van der Waals surface area (Å²) in [5, 5.41) is -0.877. The molecule has 8 heteroatoms. The maximum Gasteiger partial charge on any atom is 0.228 e.